The minimum atomic E-state index is -5.01. The minimum absolute atomic E-state index is 0.00247. The average Bonchev–Trinajstić information content (AvgIpc) is 0.886. The van der Waals surface area contributed by atoms with Crippen molar-refractivity contribution in [1.82, 2.24) is 0 Å². The summed E-state index contributed by atoms with van der Waals surface area (Å²) in [6.07, 6.45) is 94.7. The average molecular weight is 1550 g/mol. The molecule has 614 valence electrons. The summed E-state index contributed by atoms with van der Waals surface area (Å²) in [5.74, 6) is -2.31. The predicted molar refractivity (Wildman–Crippen MR) is 445 cm³/mol. The fraction of sp³-hybridized carbons (Fsp3) is 0.640. The lowest BCUT2D eigenvalue weighted by Gasteiger charge is -2.21. The molecule has 0 aliphatic carbocycles. The van der Waals surface area contributed by atoms with Crippen molar-refractivity contribution in [2.75, 3.05) is 39.6 Å². The summed E-state index contributed by atoms with van der Waals surface area (Å²) in [5, 5.41) is 10.7. The lowest BCUT2D eigenvalue weighted by molar-refractivity contribution is -0.161. The third-order valence-corrected chi connectivity index (χ3v) is 18.5. The van der Waals surface area contributed by atoms with E-state index >= 15 is 0 Å². The molecule has 0 aromatic rings. The Morgan fingerprint density at radius 1 is 0.269 bits per heavy atom. The Hall–Kier alpha value is -5.58. The van der Waals surface area contributed by atoms with Crippen LogP contribution in [0.2, 0.25) is 0 Å². The number of esters is 4. The number of rotatable bonds is 76. The molecule has 0 aromatic heterocycles. The molecular weight excluding hydrogens is 1400 g/mol. The molecule has 0 saturated carbocycles. The van der Waals surface area contributed by atoms with Gasteiger partial charge < -0.3 is 33.8 Å². The zero-order valence-electron chi connectivity index (χ0n) is 67.2. The van der Waals surface area contributed by atoms with Crippen LogP contribution in [0, 0.1) is 0 Å². The highest BCUT2D eigenvalue weighted by atomic mass is 31.2. The molecule has 0 aliphatic heterocycles. The number of phosphoric ester groups is 2. The van der Waals surface area contributed by atoms with Crippen molar-refractivity contribution in [3.05, 3.63) is 170 Å². The van der Waals surface area contributed by atoms with Gasteiger partial charge in [0, 0.05) is 25.7 Å². The summed E-state index contributed by atoms with van der Waals surface area (Å²) in [7, 11) is -10.0. The van der Waals surface area contributed by atoms with Gasteiger partial charge in [-0.1, -0.05) is 281 Å². The molecule has 0 fully saturated rings. The number of carbonyl (C=O) groups excluding carboxylic acids is 4. The van der Waals surface area contributed by atoms with Gasteiger partial charge in [-0.25, -0.2) is 9.13 Å². The fourth-order valence-corrected chi connectivity index (χ4v) is 12.0. The van der Waals surface area contributed by atoms with E-state index in [9.17, 15) is 43.2 Å². The van der Waals surface area contributed by atoms with Crippen molar-refractivity contribution in [2.24, 2.45) is 0 Å². The van der Waals surface area contributed by atoms with E-state index < -0.39 is 97.5 Å². The Morgan fingerprint density at radius 2 is 0.491 bits per heavy atom. The van der Waals surface area contributed by atoms with Crippen LogP contribution >= 0.6 is 15.6 Å². The molecule has 0 aliphatic rings. The molecule has 0 saturated heterocycles. The van der Waals surface area contributed by atoms with E-state index in [1.165, 1.54) is 44.9 Å². The van der Waals surface area contributed by atoms with Gasteiger partial charge in [0.15, 0.2) is 12.2 Å². The van der Waals surface area contributed by atoms with Gasteiger partial charge in [-0.3, -0.25) is 37.3 Å². The predicted octanol–water partition coefficient (Wildman–Crippen LogP) is 24.6. The molecule has 0 radical (unpaired) electrons. The summed E-state index contributed by atoms with van der Waals surface area (Å²) >= 11 is 0. The maximum Gasteiger partial charge on any atom is 0.472 e. The third-order valence-electron chi connectivity index (χ3n) is 16.6. The highest BCUT2D eigenvalue weighted by Gasteiger charge is 2.30. The first kappa shape index (κ1) is 102. The molecule has 5 unspecified atom stereocenters. The number of ether oxygens (including phenoxy) is 4. The standard InChI is InChI=1S/C89H146O17P2/c1-5-9-13-17-21-25-29-33-36-39-41-44-46-50-53-57-61-65-69-73-86(91)99-79-84(105-88(93)75-71-67-63-59-55-49-32-28-24-20-16-12-8-4)81-103-107(95,96)101-77-83(90)78-102-108(97,98)104-82-85(106-89(94)76-72-68-64-60-56-52-48-43-38-35-31-27-23-19-15-11-7-3)80-100-87(92)74-70-66-62-58-54-51-47-45-42-40-37-34-30-26-22-18-14-10-6-2/h10-11,14-15,21-23,25-28,32-38,41-42,44-45,48,51-52,54,60,64,83-85,90H,5-9,12-13,16-20,24,29-31,39-40,43,46-47,49-50,53,55-59,61-63,65-82H2,1-4H3,(H,95,96)(H,97,98)/b14-10-,15-11-,25-21-,26-22-,27-23-,32-28-,36-33-,37-34-,38-35-,44-41-,45-42-,52-48-,54-51-,64-60-. The van der Waals surface area contributed by atoms with Gasteiger partial charge >= 0.3 is 39.5 Å². The molecule has 3 N–H and O–H groups in total. The van der Waals surface area contributed by atoms with Crippen LogP contribution in [0.15, 0.2) is 170 Å². The Balaban J connectivity index is 5.46. The van der Waals surface area contributed by atoms with E-state index in [1.807, 2.05) is 12.2 Å². The van der Waals surface area contributed by atoms with Crippen molar-refractivity contribution in [1.29, 1.82) is 0 Å². The second-order valence-electron chi connectivity index (χ2n) is 26.9. The zero-order chi connectivity index (χ0) is 78.9. The molecule has 0 spiro atoms. The highest BCUT2D eigenvalue weighted by Crippen LogP contribution is 2.45. The first-order chi connectivity index (χ1) is 52.7. The first-order valence-corrected chi connectivity index (χ1v) is 44.4. The van der Waals surface area contributed by atoms with E-state index in [4.69, 9.17) is 37.0 Å². The highest BCUT2D eigenvalue weighted by molar-refractivity contribution is 7.47. The molecule has 0 heterocycles. The van der Waals surface area contributed by atoms with Crippen molar-refractivity contribution >= 4 is 39.5 Å². The second-order valence-corrected chi connectivity index (χ2v) is 29.8. The molecule has 5 atom stereocenters. The van der Waals surface area contributed by atoms with Gasteiger partial charge in [-0.2, -0.15) is 0 Å². The van der Waals surface area contributed by atoms with E-state index in [0.29, 0.717) is 32.1 Å². The van der Waals surface area contributed by atoms with Crippen LogP contribution in [0.25, 0.3) is 0 Å². The molecule has 19 heteroatoms. The molecule has 0 rings (SSSR count). The molecule has 0 amide bonds. The van der Waals surface area contributed by atoms with E-state index in [2.05, 4.69) is 186 Å². The van der Waals surface area contributed by atoms with Crippen LogP contribution in [0.3, 0.4) is 0 Å². The maximum absolute atomic E-state index is 13.1. The zero-order valence-corrected chi connectivity index (χ0v) is 69.0. The Kier molecular flexibility index (Phi) is 75.4. The van der Waals surface area contributed by atoms with Crippen molar-refractivity contribution in [3.8, 4) is 0 Å². The Labute approximate surface area is 654 Å². The van der Waals surface area contributed by atoms with Gasteiger partial charge in [-0.15, -0.1) is 0 Å². The fourth-order valence-electron chi connectivity index (χ4n) is 10.4. The van der Waals surface area contributed by atoms with Crippen molar-refractivity contribution < 1.29 is 80.2 Å². The van der Waals surface area contributed by atoms with Crippen LogP contribution in [0.1, 0.15) is 310 Å². The van der Waals surface area contributed by atoms with Gasteiger partial charge in [-0.05, 0) is 173 Å². The molecule has 108 heavy (non-hydrogen) atoms. The molecular formula is C89H146O17P2. The van der Waals surface area contributed by atoms with Gasteiger partial charge in [0.25, 0.3) is 0 Å². The Bertz CT molecular complexity index is 2710. The Morgan fingerprint density at radius 3 is 0.815 bits per heavy atom. The molecule has 17 nitrogen and oxygen atoms in total. The van der Waals surface area contributed by atoms with E-state index in [-0.39, 0.29) is 25.7 Å². The van der Waals surface area contributed by atoms with Crippen LogP contribution in [-0.2, 0) is 65.4 Å². The number of aliphatic hydroxyl groups excluding tert-OH is 1. The van der Waals surface area contributed by atoms with Crippen LogP contribution in [0.5, 0.6) is 0 Å². The third kappa shape index (κ3) is 78.5. The lowest BCUT2D eigenvalue weighted by atomic mass is 10.1. The number of allylic oxidation sites excluding steroid dienone is 28. The summed E-state index contributed by atoms with van der Waals surface area (Å²) < 4.78 is 68.6. The largest absolute Gasteiger partial charge is 0.472 e. The van der Waals surface area contributed by atoms with E-state index in [0.717, 1.165) is 180 Å². The minimum Gasteiger partial charge on any atom is -0.462 e. The number of hydrogen-bond acceptors (Lipinski definition) is 15. The first-order valence-electron chi connectivity index (χ1n) is 41.4. The summed E-state index contributed by atoms with van der Waals surface area (Å²) in [4.78, 5) is 73.1. The molecule has 0 bridgehead atoms. The van der Waals surface area contributed by atoms with Crippen LogP contribution in [-0.4, -0.2) is 96.7 Å². The SMILES string of the molecule is CC/C=C\C/C=C\C/C=C\C/C=C\C/C=C\CCCCCC(=O)OCC(COP(=O)(O)OCC(O)COP(=O)(O)OCC(COC(=O)CCCCCCCC/C=C\C/C=C\C/C=C\CCCCC)OC(=O)CCCCCCC/C=C\CCCCCC)OC(=O)CCC/C=C\C/C=C\C/C=C\C/C=C\C/C=C\CC. The number of carbonyl (C=O) groups is 4. The quantitative estimate of drug-likeness (QED) is 0.0169. The van der Waals surface area contributed by atoms with Crippen LogP contribution < -0.4 is 0 Å². The monoisotopic (exact) mass is 1550 g/mol. The molecule has 0 aromatic carbocycles. The summed E-state index contributed by atoms with van der Waals surface area (Å²) in [6.45, 7) is 4.48. The summed E-state index contributed by atoms with van der Waals surface area (Å²) in [6, 6.07) is 0. The van der Waals surface area contributed by atoms with Crippen molar-refractivity contribution in [2.45, 2.75) is 329 Å². The number of phosphoric acid groups is 2. The van der Waals surface area contributed by atoms with Crippen molar-refractivity contribution in [3.63, 3.8) is 0 Å². The topological polar surface area (TPSA) is 237 Å². The lowest BCUT2D eigenvalue weighted by Crippen LogP contribution is -2.30. The normalized spacial score (nSPS) is 14.7. The maximum atomic E-state index is 13.1. The smallest absolute Gasteiger partial charge is 0.462 e. The number of aliphatic hydroxyl groups is 1. The number of hydrogen-bond donors (Lipinski definition) is 3. The van der Waals surface area contributed by atoms with Gasteiger partial charge in [0.05, 0.1) is 26.4 Å². The number of unbranched alkanes of at least 4 members (excludes halogenated alkanes) is 22. The summed E-state index contributed by atoms with van der Waals surface area (Å²) in [5.41, 5.74) is 0. The van der Waals surface area contributed by atoms with Gasteiger partial charge in [0.2, 0.25) is 0 Å². The van der Waals surface area contributed by atoms with Gasteiger partial charge in [0.1, 0.15) is 19.3 Å². The van der Waals surface area contributed by atoms with E-state index in [1.54, 1.807) is 0 Å². The van der Waals surface area contributed by atoms with Crippen LogP contribution in [0.4, 0.5) is 0 Å². The second kappa shape index (κ2) is 79.5.